The summed E-state index contributed by atoms with van der Waals surface area (Å²) in [7, 11) is 0. The maximum Gasteiger partial charge on any atom is 0.315 e. The van der Waals surface area contributed by atoms with Crippen molar-refractivity contribution >= 4 is 17.8 Å². The Balaban J connectivity index is 1.67. The van der Waals surface area contributed by atoms with Crippen LogP contribution in [0.25, 0.3) is 0 Å². The first-order valence-corrected chi connectivity index (χ1v) is 7.83. The van der Waals surface area contributed by atoms with E-state index in [2.05, 4.69) is 34.7 Å². The van der Waals surface area contributed by atoms with Crippen LogP contribution in [0.15, 0.2) is 4.42 Å². The number of nitrogens with one attached hydrogen (secondary N) is 2. The van der Waals surface area contributed by atoms with E-state index in [4.69, 9.17) is 4.42 Å². The Kier molecular flexibility index (Phi) is 5.31. The Morgan fingerprint density at radius 2 is 2.28 bits per heavy atom. The van der Waals surface area contributed by atoms with E-state index in [1.165, 1.54) is 18.6 Å². The van der Waals surface area contributed by atoms with E-state index in [0.717, 1.165) is 12.2 Å². The third-order valence-electron chi connectivity index (χ3n) is 2.86. The molecule has 0 saturated heterocycles. The van der Waals surface area contributed by atoms with Gasteiger partial charge < -0.3 is 15.1 Å². The molecule has 2 rings (SSSR count). The van der Waals surface area contributed by atoms with Crippen molar-refractivity contribution < 1.29 is 4.42 Å². The van der Waals surface area contributed by atoms with Crippen LogP contribution in [-0.4, -0.2) is 33.8 Å². The first-order chi connectivity index (χ1) is 8.78. The number of nitrogens with zero attached hydrogens (tertiary/aromatic N) is 2. The molecule has 1 heterocycles. The zero-order valence-electron chi connectivity index (χ0n) is 11.1. The van der Waals surface area contributed by atoms with Gasteiger partial charge in [-0.3, -0.25) is 0 Å². The van der Waals surface area contributed by atoms with Gasteiger partial charge in [-0.15, -0.1) is 5.10 Å². The molecule has 0 aliphatic heterocycles. The van der Waals surface area contributed by atoms with Crippen LogP contribution < -0.4 is 10.6 Å². The first kappa shape index (κ1) is 13.7. The molecule has 102 valence electrons. The lowest BCUT2D eigenvalue weighted by Gasteiger charge is -2.10. The molecule has 2 N–H and O–H groups in total. The number of hydrogen-bond donors (Lipinski definition) is 2. The SMILES string of the molecule is CCSCCC(C)Nc1nnc(CNC2CC2)o1. The van der Waals surface area contributed by atoms with E-state index >= 15 is 0 Å². The van der Waals surface area contributed by atoms with Crippen molar-refractivity contribution in [1.29, 1.82) is 0 Å². The molecule has 0 bridgehead atoms. The van der Waals surface area contributed by atoms with E-state index in [1.54, 1.807) is 0 Å². The van der Waals surface area contributed by atoms with E-state index in [1.807, 2.05) is 11.8 Å². The highest BCUT2D eigenvalue weighted by atomic mass is 32.2. The molecular formula is C12H22N4OS. The van der Waals surface area contributed by atoms with Crippen molar-refractivity contribution in [3.63, 3.8) is 0 Å². The molecule has 1 aliphatic rings. The summed E-state index contributed by atoms with van der Waals surface area (Å²) in [6.45, 7) is 5.00. The molecule has 1 atom stereocenters. The molecule has 1 unspecified atom stereocenters. The van der Waals surface area contributed by atoms with Gasteiger partial charge in [0.15, 0.2) is 0 Å². The predicted octanol–water partition coefficient (Wildman–Crippen LogP) is 2.27. The summed E-state index contributed by atoms with van der Waals surface area (Å²) < 4.78 is 5.54. The Labute approximate surface area is 112 Å². The van der Waals surface area contributed by atoms with Crippen molar-refractivity contribution in [2.75, 3.05) is 16.8 Å². The minimum atomic E-state index is 0.369. The van der Waals surface area contributed by atoms with E-state index in [0.29, 0.717) is 30.5 Å². The largest absolute Gasteiger partial charge is 0.407 e. The van der Waals surface area contributed by atoms with E-state index < -0.39 is 0 Å². The second-order valence-electron chi connectivity index (χ2n) is 4.69. The number of hydrogen-bond acceptors (Lipinski definition) is 6. The highest BCUT2D eigenvalue weighted by Gasteiger charge is 2.21. The summed E-state index contributed by atoms with van der Waals surface area (Å²) >= 11 is 1.95. The van der Waals surface area contributed by atoms with Gasteiger partial charge in [-0.05, 0) is 37.7 Å². The van der Waals surface area contributed by atoms with E-state index in [9.17, 15) is 0 Å². The van der Waals surface area contributed by atoms with Gasteiger partial charge in [-0.25, -0.2) is 0 Å². The second-order valence-corrected chi connectivity index (χ2v) is 6.08. The summed E-state index contributed by atoms with van der Waals surface area (Å²) in [5.74, 6) is 3.00. The quantitative estimate of drug-likeness (QED) is 0.671. The zero-order chi connectivity index (χ0) is 12.8. The topological polar surface area (TPSA) is 63.0 Å². The molecule has 1 aromatic heterocycles. The normalized spacial score (nSPS) is 16.8. The lowest BCUT2D eigenvalue weighted by atomic mass is 10.3. The van der Waals surface area contributed by atoms with Gasteiger partial charge in [-0.2, -0.15) is 11.8 Å². The lowest BCUT2D eigenvalue weighted by Crippen LogP contribution is -2.16. The van der Waals surface area contributed by atoms with Gasteiger partial charge in [0, 0.05) is 12.1 Å². The highest BCUT2D eigenvalue weighted by molar-refractivity contribution is 7.99. The molecule has 0 amide bonds. The smallest absolute Gasteiger partial charge is 0.315 e. The Morgan fingerprint density at radius 1 is 1.44 bits per heavy atom. The molecule has 1 saturated carbocycles. The average Bonchev–Trinajstić information content (AvgIpc) is 3.08. The molecule has 1 fully saturated rings. The highest BCUT2D eigenvalue weighted by Crippen LogP contribution is 2.19. The molecule has 1 aliphatic carbocycles. The lowest BCUT2D eigenvalue weighted by molar-refractivity contribution is 0.472. The van der Waals surface area contributed by atoms with Crippen molar-refractivity contribution in [2.45, 2.75) is 51.7 Å². The first-order valence-electron chi connectivity index (χ1n) is 6.68. The van der Waals surface area contributed by atoms with Crippen LogP contribution >= 0.6 is 11.8 Å². The van der Waals surface area contributed by atoms with Gasteiger partial charge in [0.05, 0.1) is 6.54 Å². The van der Waals surface area contributed by atoms with Crippen LogP contribution in [0.4, 0.5) is 6.01 Å². The van der Waals surface area contributed by atoms with Crippen molar-refractivity contribution in [2.24, 2.45) is 0 Å². The molecule has 5 nitrogen and oxygen atoms in total. The van der Waals surface area contributed by atoms with Crippen LogP contribution in [0.1, 0.15) is 39.0 Å². The summed E-state index contributed by atoms with van der Waals surface area (Å²) in [5.41, 5.74) is 0. The molecule has 0 spiro atoms. The fraction of sp³-hybridized carbons (Fsp3) is 0.833. The fourth-order valence-corrected chi connectivity index (χ4v) is 2.40. The number of rotatable bonds is 9. The maximum atomic E-state index is 5.54. The standard InChI is InChI=1S/C12H22N4OS/c1-3-18-7-6-9(2)14-12-16-15-11(17-12)8-13-10-4-5-10/h9-10,13H,3-8H2,1-2H3,(H,14,16). The Hall–Kier alpha value is -0.750. The third kappa shape index (κ3) is 4.86. The summed E-state index contributed by atoms with van der Waals surface area (Å²) in [5, 5.41) is 14.6. The second kappa shape index (κ2) is 6.99. The van der Waals surface area contributed by atoms with Gasteiger partial charge in [0.1, 0.15) is 0 Å². The van der Waals surface area contributed by atoms with Crippen LogP contribution in [0.3, 0.4) is 0 Å². The van der Waals surface area contributed by atoms with Crippen LogP contribution in [0, 0.1) is 0 Å². The zero-order valence-corrected chi connectivity index (χ0v) is 11.9. The monoisotopic (exact) mass is 270 g/mol. The molecule has 6 heteroatoms. The number of aromatic nitrogens is 2. The summed E-state index contributed by atoms with van der Waals surface area (Å²) in [4.78, 5) is 0. The minimum Gasteiger partial charge on any atom is -0.407 e. The average molecular weight is 270 g/mol. The van der Waals surface area contributed by atoms with Crippen molar-refractivity contribution in [1.82, 2.24) is 15.5 Å². The van der Waals surface area contributed by atoms with Gasteiger partial charge in [0.25, 0.3) is 0 Å². The summed E-state index contributed by atoms with van der Waals surface area (Å²) in [6.07, 6.45) is 3.65. The third-order valence-corrected chi connectivity index (χ3v) is 3.79. The summed E-state index contributed by atoms with van der Waals surface area (Å²) in [6, 6.07) is 1.57. The van der Waals surface area contributed by atoms with Gasteiger partial charge in [-0.1, -0.05) is 12.0 Å². The van der Waals surface area contributed by atoms with Crippen LogP contribution in [0.5, 0.6) is 0 Å². The Bertz CT molecular complexity index is 354. The molecule has 0 aromatic carbocycles. The number of thioether (sulfide) groups is 1. The molecule has 18 heavy (non-hydrogen) atoms. The maximum absolute atomic E-state index is 5.54. The Morgan fingerprint density at radius 3 is 3.00 bits per heavy atom. The molecule has 0 radical (unpaired) electrons. The molecular weight excluding hydrogens is 248 g/mol. The van der Waals surface area contributed by atoms with Crippen molar-refractivity contribution in [3.8, 4) is 0 Å². The number of anilines is 1. The van der Waals surface area contributed by atoms with E-state index in [-0.39, 0.29) is 0 Å². The van der Waals surface area contributed by atoms with Crippen LogP contribution in [0.2, 0.25) is 0 Å². The minimum absolute atomic E-state index is 0.369. The van der Waals surface area contributed by atoms with Crippen LogP contribution in [-0.2, 0) is 6.54 Å². The van der Waals surface area contributed by atoms with Gasteiger partial charge >= 0.3 is 6.01 Å². The van der Waals surface area contributed by atoms with Crippen molar-refractivity contribution in [3.05, 3.63) is 5.89 Å². The fourth-order valence-electron chi connectivity index (χ4n) is 1.59. The predicted molar refractivity (Wildman–Crippen MR) is 74.9 cm³/mol. The molecule has 1 aromatic rings. The van der Waals surface area contributed by atoms with Gasteiger partial charge in [0.2, 0.25) is 5.89 Å².